The molecule has 1 atom stereocenters. The van der Waals surface area contributed by atoms with Crippen molar-refractivity contribution in [1.29, 1.82) is 0 Å². The van der Waals surface area contributed by atoms with E-state index < -0.39 is 0 Å². The average Bonchev–Trinajstić information content (AvgIpc) is 3.18. The molecule has 1 fully saturated rings. The monoisotopic (exact) mass is 542 g/mol. The number of aryl methyl sites for hydroxylation is 1. The third-order valence-corrected chi connectivity index (χ3v) is 7.02. The molecule has 1 aliphatic rings. The highest BCUT2D eigenvalue weighted by Crippen LogP contribution is 2.37. The van der Waals surface area contributed by atoms with Crippen molar-refractivity contribution in [2.24, 2.45) is 0 Å². The number of ether oxygens (including phenoxy) is 2. The molecular formula is C26H24BrFN2O3S. The van der Waals surface area contributed by atoms with E-state index in [-0.39, 0.29) is 23.8 Å². The van der Waals surface area contributed by atoms with Gasteiger partial charge in [-0.2, -0.15) is 0 Å². The van der Waals surface area contributed by atoms with Gasteiger partial charge in [0.2, 0.25) is 0 Å². The zero-order valence-electron chi connectivity index (χ0n) is 18.7. The summed E-state index contributed by atoms with van der Waals surface area (Å²) in [6, 6.07) is 18.2. The van der Waals surface area contributed by atoms with Crippen LogP contribution in [0.5, 0.6) is 11.5 Å². The first-order chi connectivity index (χ1) is 16.5. The van der Waals surface area contributed by atoms with E-state index in [4.69, 9.17) is 9.47 Å². The number of thioether (sulfide) groups is 1. The smallest absolute Gasteiger partial charge is 0.260 e. The molecule has 176 valence electrons. The van der Waals surface area contributed by atoms with Gasteiger partial charge >= 0.3 is 0 Å². The van der Waals surface area contributed by atoms with Gasteiger partial charge in [0.1, 0.15) is 12.4 Å². The van der Waals surface area contributed by atoms with E-state index in [2.05, 4.69) is 45.6 Å². The van der Waals surface area contributed by atoms with Gasteiger partial charge in [-0.3, -0.25) is 4.79 Å². The minimum Gasteiger partial charge on any atom is -0.493 e. The predicted molar refractivity (Wildman–Crippen MR) is 138 cm³/mol. The summed E-state index contributed by atoms with van der Waals surface area (Å²) in [5.41, 5.74) is 3.15. The second kappa shape index (κ2) is 11.0. The Balaban J connectivity index is 1.48. The zero-order valence-corrected chi connectivity index (χ0v) is 21.1. The summed E-state index contributed by atoms with van der Waals surface area (Å²) in [6.07, 6.45) is 2.78. The SMILES string of the molecule is CCc1ccc(N[C@@H]2NC(=O)/C(=C/c3cc(OC)c(OCc4ccccc4F)cc3Br)S2)cc1. The molecule has 1 aliphatic heterocycles. The number of carbonyl (C=O) groups is 1. The fraction of sp³-hybridized carbons (Fsp3) is 0.192. The first-order valence-electron chi connectivity index (χ1n) is 10.7. The maximum Gasteiger partial charge on any atom is 0.260 e. The summed E-state index contributed by atoms with van der Waals surface area (Å²) in [5.74, 6) is 0.480. The quantitative estimate of drug-likeness (QED) is 0.325. The molecule has 0 radical (unpaired) electrons. The average molecular weight is 543 g/mol. The Morgan fingerprint density at radius 3 is 2.62 bits per heavy atom. The first-order valence-corrected chi connectivity index (χ1v) is 12.4. The molecule has 8 heteroatoms. The molecule has 1 amide bonds. The molecular weight excluding hydrogens is 519 g/mol. The van der Waals surface area contributed by atoms with E-state index in [1.807, 2.05) is 12.1 Å². The summed E-state index contributed by atoms with van der Waals surface area (Å²) >= 11 is 4.96. The first kappa shape index (κ1) is 24.2. The van der Waals surface area contributed by atoms with Crippen LogP contribution in [-0.2, 0) is 17.8 Å². The van der Waals surface area contributed by atoms with Gasteiger partial charge in [0.15, 0.2) is 17.0 Å². The molecule has 0 bridgehead atoms. The van der Waals surface area contributed by atoms with Crippen molar-refractivity contribution in [1.82, 2.24) is 5.32 Å². The van der Waals surface area contributed by atoms with Crippen molar-refractivity contribution >= 4 is 45.4 Å². The molecule has 0 saturated carbocycles. The second-order valence-corrected chi connectivity index (χ2v) is 9.58. The third-order valence-electron chi connectivity index (χ3n) is 5.30. The zero-order chi connectivity index (χ0) is 24.1. The Morgan fingerprint density at radius 2 is 1.91 bits per heavy atom. The number of hydrogen-bond donors (Lipinski definition) is 2. The van der Waals surface area contributed by atoms with Crippen LogP contribution in [-0.4, -0.2) is 18.5 Å². The molecule has 2 N–H and O–H groups in total. The summed E-state index contributed by atoms with van der Waals surface area (Å²) in [6.45, 7) is 2.18. The molecule has 0 spiro atoms. The third kappa shape index (κ3) is 5.74. The lowest BCUT2D eigenvalue weighted by atomic mass is 10.1. The second-order valence-electron chi connectivity index (χ2n) is 7.58. The lowest BCUT2D eigenvalue weighted by Gasteiger charge is -2.13. The highest BCUT2D eigenvalue weighted by atomic mass is 79.9. The van der Waals surface area contributed by atoms with Gasteiger partial charge in [0, 0.05) is 15.7 Å². The molecule has 4 rings (SSSR count). The number of benzene rings is 3. The van der Waals surface area contributed by atoms with Gasteiger partial charge in [-0.25, -0.2) is 4.39 Å². The fourth-order valence-electron chi connectivity index (χ4n) is 3.40. The number of carbonyl (C=O) groups excluding carboxylic acids is 1. The van der Waals surface area contributed by atoms with Gasteiger partial charge in [0.25, 0.3) is 5.91 Å². The van der Waals surface area contributed by atoms with Crippen molar-refractivity contribution in [3.8, 4) is 11.5 Å². The lowest BCUT2D eigenvalue weighted by Crippen LogP contribution is -2.30. The van der Waals surface area contributed by atoms with Crippen molar-refractivity contribution in [2.75, 3.05) is 12.4 Å². The number of amides is 1. The molecule has 3 aromatic rings. The van der Waals surface area contributed by atoms with E-state index in [9.17, 15) is 9.18 Å². The molecule has 3 aromatic carbocycles. The van der Waals surface area contributed by atoms with Crippen LogP contribution in [0.1, 0.15) is 23.6 Å². The number of anilines is 1. The molecule has 34 heavy (non-hydrogen) atoms. The predicted octanol–water partition coefficient (Wildman–Crippen LogP) is 6.34. The van der Waals surface area contributed by atoms with Crippen molar-refractivity contribution in [3.05, 3.63) is 92.5 Å². The Hall–Kier alpha value is -2.97. The topological polar surface area (TPSA) is 59.6 Å². The van der Waals surface area contributed by atoms with Crippen molar-refractivity contribution in [2.45, 2.75) is 25.4 Å². The fourth-order valence-corrected chi connectivity index (χ4v) is 4.81. The lowest BCUT2D eigenvalue weighted by molar-refractivity contribution is -0.116. The minimum atomic E-state index is -0.323. The Bertz CT molecular complexity index is 1220. The normalized spacial score (nSPS) is 16.4. The van der Waals surface area contributed by atoms with Crippen LogP contribution in [0.3, 0.4) is 0 Å². The van der Waals surface area contributed by atoms with Crippen molar-refractivity contribution < 1.29 is 18.7 Å². The van der Waals surface area contributed by atoms with Crippen LogP contribution in [0.4, 0.5) is 10.1 Å². The van der Waals surface area contributed by atoms with E-state index >= 15 is 0 Å². The molecule has 0 aliphatic carbocycles. The number of nitrogens with one attached hydrogen (secondary N) is 2. The van der Waals surface area contributed by atoms with E-state index in [0.29, 0.717) is 22.0 Å². The number of hydrogen-bond acceptors (Lipinski definition) is 5. The molecule has 0 unspecified atom stereocenters. The summed E-state index contributed by atoms with van der Waals surface area (Å²) < 4.78 is 25.9. The van der Waals surface area contributed by atoms with E-state index in [1.165, 1.54) is 30.5 Å². The van der Waals surface area contributed by atoms with E-state index in [1.54, 1.807) is 36.4 Å². The standard InChI is InChI=1S/C26H24BrFN2O3S/c1-3-16-8-10-19(11-9-16)29-26-30-25(31)24(34-26)13-18-12-22(32-2)23(14-20(18)27)33-15-17-6-4-5-7-21(17)28/h4-14,26,29H,3,15H2,1-2H3,(H,30,31)/b24-13-/t26-/m1/s1. The Morgan fingerprint density at radius 1 is 1.15 bits per heavy atom. The molecule has 1 heterocycles. The Kier molecular flexibility index (Phi) is 7.80. The Labute approximate surface area is 210 Å². The molecule has 5 nitrogen and oxygen atoms in total. The van der Waals surface area contributed by atoms with Gasteiger partial charge in [-0.15, -0.1) is 0 Å². The van der Waals surface area contributed by atoms with Gasteiger partial charge in [-0.05, 0) is 54.0 Å². The number of halogens is 2. The van der Waals surface area contributed by atoms with Gasteiger partial charge in [-0.1, -0.05) is 64.9 Å². The number of methoxy groups -OCH3 is 1. The van der Waals surface area contributed by atoms with Crippen LogP contribution in [0.15, 0.2) is 70.0 Å². The number of rotatable bonds is 8. The highest BCUT2D eigenvalue weighted by molar-refractivity contribution is 9.10. The maximum absolute atomic E-state index is 13.9. The summed E-state index contributed by atoms with van der Waals surface area (Å²) in [5, 5.41) is 6.27. The van der Waals surface area contributed by atoms with Crippen molar-refractivity contribution in [3.63, 3.8) is 0 Å². The molecule has 1 saturated heterocycles. The van der Waals surface area contributed by atoms with Crippen LogP contribution >= 0.6 is 27.7 Å². The van der Waals surface area contributed by atoms with Crippen LogP contribution in [0.2, 0.25) is 0 Å². The molecule has 0 aromatic heterocycles. The summed E-state index contributed by atoms with van der Waals surface area (Å²) in [4.78, 5) is 13.1. The van der Waals surface area contributed by atoms with Crippen LogP contribution in [0, 0.1) is 5.82 Å². The van der Waals surface area contributed by atoms with E-state index in [0.717, 1.165) is 22.1 Å². The van der Waals surface area contributed by atoms with Gasteiger partial charge < -0.3 is 20.1 Å². The maximum atomic E-state index is 13.9. The minimum absolute atomic E-state index is 0.0702. The summed E-state index contributed by atoms with van der Waals surface area (Å²) in [7, 11) is 1.54. The van der Waals surface area contributed by atoms with Crippen LogP contribution in [0.25, 0.3) is 6.08 Å². The van der Waals surface area contributed by atoms with Gasteiger partial charge in [0.05, 0.1) is 12.0 Å². The largest absolute Gasteiger partial charge is 0.493 e. The van der Waals surface area contributed by atoms with Crippen LogP contribution < -0.4 is 20.1 Å². The highest BCUT2D eigenvalue weighted by Gasteiger charge is 2.27.